The molecule has 4 nitrogen and oxygen atoms in total. The zero-order chi connectivity index (χ0) is 11.2. The third-order valence-corrected chi connectivity index (χ3v) is 2.66. The molecule has 0 bridgehead atoms. The monoisotopic (exact) mass is 218 g/mol. The van der Waals surface area contributed by atoms with Crippen molar-refractivity contribution in [3.05, 3.63) is 30.1 Å². The summed E-state index contributed by atoms with van der Waals surface area (Å²) < 4.78 is 0. The van der Waals surface area contributed by atoms with Crippen molar-refractivity contribution in [2.75, 3.05) is 13.1 Å². The lowest BCUT2D eigenvalue weighted by atomic mass is 10.2. The fourth-order valence-corrected chi connectivity index (χ4v) is 1.78. The van der Waals surface area contributed by atoms with Crippen LogP contribution in [0.2, 0.25) is 0 Å². The van der Waals surface area contributed by atoms with Gasteiger partial charge in [0.2, 0.25) is 0 Å². The maximum atomic E-state index is 5.44. The lowest BCUT2D eigenvalue weighted by Gasteiger charge is -2.02. The van der Waals surface area contributed by atoms with E-state index in [-0.39, 0.29) is 0 Å². The second-order valence-corrected chi connectivity index (χ2v) is 3.89. The summed E-state index contributed by atoms with van der Waals surface area (Å²) in [7, 11) is 0. The van der Waals surface area contributed by atoms with Gasteiger partial charge in [-0.15, -0.1) is 0 Å². The SMILES string of the molecule is NCCCCNCc1c[nH]c2ncccc12. The summed E-state index contributed by atoms with van der Waals surface area (Å²) in [5.41, 5.74) is 7.67. The Morgan fingerprint density at radius 2 is 2.31 bits per heavy atom. The van der Waals surface area contributed by atoms with Crippen molar-refractivity contribution in [2.24, 2.45) is 5.73 Å². The largest absolute Gasteiger partial charge is 0.346 e. The molecule has 0 saturated carbocycles. The van der Waals surface area contributed by atoms with Gasteiger partial charge >= 0.3 is 0 Å². The van der Waals surface area contributed by atoms with Crippen molar-refractivity contribution in [1.82, 2.24) is 15.3 Å². The van der Waals surface area contributed by atoms with E-state index < -0.39 is 0 Å². The number of H-pyrrole nitrogens is 1. The molecule has 4 N–H and O–H groups in total. The van der Waals surface area contributed by atoms with Crippen molar-refractivity contribution >= 4 is 11.0 Å². The van der Waals surface area contributed by atoms with E-state index in [0.717, 1.165) is 38.1 Å². The molecular weight excluding hydrogens is 200 g/mol. The fraction of sp³-hybridized carbons (Fsp3) is 0.417. The Morgan fingerprint density at radius 3 is 3.19 bits per heavy atom. The summed E-state index contributed by atoms with van der Waals surface area (Å²) in [5.74, 6) is 0. The predicted octanol–water partition coefficient (Wildman–Crippen LogP) is 1.39. The van der Waals surface area contributed by atoms with Crippen molar-refractivity contribution in [3.63, 3.8) is 0 Å². The molecule has 16 heavy (non-hydrogen) atoms. The van der Waals surface area contributed by atoms with Crippen molar-refractivity contribution in [1.29, 1.82) is 0 Å². The number of nitrogens with zero attached hydrogens (tertiary/aromatic N) is 1. The first-order valence-corrected chi connectivity index (χ1v) is 5.73. The molecule has 0 atom stereocenters. The van der Waals surface area contributed by atoms with Crippen LogP contribution in [0.4, 0.5) is 0 Å². The molecule has 0 aliphatic rings. The predicted molar refractivity (Wildman–Crippen MR) is 66.1 cm³/mol. The van der Waals surface area contributed by atoms with Gasteiger partial charge in [0.25, 0.3) is 0 Å². The molecule has 86 valence electrons. The average molecular weight is 218 g/mol. The molecule has 2 aromatic heterocycles. The van der Waals surface area contributed by atoms with Crippen molar-refractivity contribution < 1.29 is 0 Å². The third-order valence-electron chi connectivity index (χ3n) is 2.66. The van der Waals surface area contributed by atoms with Gasteiger partial charge in [0, 0.05) is 24.3 Å². The minimum absolute atomic E-state index is 0.776. The fourth-order valence-electron chi connectivity index (χ4n) is 1.78. The molecule has 0 aliphatic carbocycles. The molecule has 0 fully saturated rings. The van der Waals surface area contributed by atoms with Crippen LogP contribution in [-0.4, -0.2) is 23.1 Å². The third kappa shape index (κ3) is 2.59. The Labute approximate surface area is 95.3 Å². The first-order chi connectivity index (χ1) is 7.92. The Bertz CT molecular complexity index is 435. The first kappa shape index (κ1) is 11.1. The van der Waals surface area contributed by atoms with Gasteiger partial charge in [0.1, 0.15) is 5.65 Å². The molecular formula is C12H18N4. The molecule has 2 rings (SSSR count). The number of nitrogens with one attached hydrogen (secondary N) is 2. The van der Waals surface area contributed by atoms with Gasteiger partial charge in [0.15, 0.2) is 0 Å². The van der Waals surface area contributed by atoms with E-state index in [1.165, 1.54) is 10.9 Å². The maximum Gasteiger partial charge on any atom is 0.137 e. The second kappa shape index (κ2) is 5.63. The van der Waals surface area contributed by atoms with Gasteiger partial charge in [-0.1, -0.05) is 0 Å². The van der Waals surface area contributed by atoms with E-state index in [1.807, 2.05) is 12.3 Å². The van der Waals surface area contributed by atoms with Crippen LogP contribution in [0.1, 0.15) is 18.4 Å². The Kier molecular flexibility index (Phi) is 3.91. The number of pyridine rings is 1. The summed E-state index contributed by atoms with van der Waals surface area (Å²) in [6.45, 7) is 2.68. The maximum absolute atomic E-state index is 5.44. The second-order valence-electron chi connectivity index (χ2n) is 3.89. The highest BCUT2D eigenvalue weighted by Crippen LogP contribution is 2.14. The lowest BCUT2D eigenvalue weighted by Crippen LogP contribution is -2.15. The molecule has 2 heterocycles. The summed E-state index contributed by atoms with van der Waals surface area (Å²) in [4.78, 5) is 7.43. The van der Waals surface area contributed by atoms with Crippen LogP contribution in [0.3, 0.4) is 0 Å². The van der Waals surface area contributed by atoms with Gasteiger partial charge in [0.05, 0.1) is 0 Å². The summed E-state index contributed by atoms with van der Waals surface area (Å²) in [6, 6.07) is 4.06. The van der Waals surface area contributed by atoms with E-state index in [0.29, 0.717) is 0 Å². The zero-order valence-corrected chi connectivity index (χ0v) is 9.37. The summed E-state index contributed by atoms with van der Waals surface area (Å²) in [5, 5.41) is 4.61. The lowest BCUT2D eigenvalue weighted by molar-refractivity contribution is 0.629. The summed E-state index contributed by atoms with van der Waals surface area (Å²) in [6.07, 6.45) is 6.05. The van der Waals surface area contributed by atoms with E-state index in [1.54, 1.807) is 6.20 Å². The van der Waals surface area contributed by atoms with Crippen LogP contribution in [0.25, 0.3) is 11.0 Å². The molecule has 0 saturated heterocycles. The van der Waals surface area contributed by atoms with Gasteiger partial charge in [-0.2, -0.15) is 0 Å². The molecule has 0 aromatic carbocycles. The number of aromatic nitrogens is 2. The highest BCUT2D eigenvalue weighted by molar-refractivity contribution is 5.79. The van der Waals surface area contributed by atoms with Gasteiger partial charge < -0.3 is 16.0 Å². The molecule has 2 aromatic rings. The van der Waals surface area contributed by atoms with E-state index in [2.05, 4.69) is 21.4 Å². The number of hydrogen-bond donors (Lipinski definition) is 3. The molecule has 0 amide bonds. The normalized spacial score (nSPS) is 11.1. The minimum Gasteiger partial charge on any atom is -0.346 e. The molecule has 0 unspecified atom stereocenters. The Balaban J connectivity index is 1.89. The number of rotatable bonds is 6. The van der Waals surface area contributed by atoms with Crippen molar-refractivity contribution in [2.45, 2.75) is 19.4 Å². The summed E-state index contributed by atoms with van der Waals surface area (Å²) >= 11 is 0. The van der Waals surface area contributed by atoms with Crippen LogP contribution in [-0.2, 0) is 6.54 Å². The van der Waals surface area contributed by atoms with Crippen LogP contribution in [0.15, 0.2) is 24.5 Å². The number of hydrogen-bond acceptors (Lipinski definition) is 3. The first-order valence-electron chi connectivity index (χ1n) is 5.73. The van der Waals surface area contributed by atoms with Crippen LogP contribution >= 0.6 is 0 Å². The molecule has 0 spiro atoms. The molecule has 0 aliphatic heterocycles. The quantitative estimate of drug-likeness (QED) is 0.642. The minimum atomic E-state index is 0.776. The Morgan fingerprint density at radius 1 is 1.38 bits per heavy atom. The van der Waals surface area contributed by atoms with Gasteiger partial charge in [-0.3, -0.25) is 0 Å². The number of unbranched alkanes of at least 4 members (excludes halogenated alkanes) is 1. The Hall–Kier alpha value is -1.39. The van der Waals surface area contributed by atoms with Gasteiger partial charge in [-0.25, -0.2) is 4.98 Å². The standard InChI is InChI=1S/C12H18N4/c13-5-1-2-6-14-8-10-9-16-12-11(10)4-3-7-15-12/h3-4,7,9,14H,1-2,5-6,8,13H2,(H,15,16). The van der Waals surface area contributed by atoms with Crippen LogP contribution in [0, 0.1) is 0 Å². The molecule has 4 heteroatoms. The average Bonchev–Trinajstić information content (AvgIpc) is 2.73. The van der Waals surface area contributed by atoms with E-state index >= 15 is 0 Å². The smallest absolute Gasteiger partial charge is 0.137 e. The highest BCUT2D eigenvalue weighted by Gasteiger charge is 2.02. The molecule has 0 radical (unpaired) electrons. The van der Waals surface area contributed by atoms with Crippen LogP contribution < -0.4 is 11.1 Å². The van der Waals surface area contributed by atoms with E-state index in [9.17, 15) is 0 Å². The number of aromatic amines is 1. The van der Waals surface area contributed by atoms with Gasteiger partial charge in [-0.05, 0) is 43.6 Å². The van der Waals surface area contributed by atoms with Crippen molar-refractivity contribution in [3.8, 4) is 0 Å². The number of nitrogens with two attached hydrogens (primary N) is 1. The highest BCUT2D eigenvalue weighted by atomic mass is 14.9. The van der Waals surface area contributed by atoms with Crippen LogP contribution in [0.5, 0.6) is 0 Å². The van der Waals surface area contributed by atoms with E-state index in [4.69, 9.17) is 5.73 Å². The zero-order valence-electron chi connectivity index (χ0n) is 9.37. The number of fused-ring (bicyclic) bond motifs is 1. The topological polar surface area (TPSA) is 66.7 Å².